The van der Waals surface area contributed by atoms with Crippen molar-refractivity contribution in [2.24, 2.45) is 11.7 Å². The predicted molar refractivity (Wildman–Crippen MR) is 65.3 cm³/mol. The minimum absolute atomic E-state index is 0.0304. The van der Waals surface area contributed by atoms with Gasteiger partial charge in [0.2, 0.25) is 0 Å². The van der Waals surface area contributed by atoms with Crippen molar-refractivity contribution >= 4 is 11.0 Å². The maximum Gasteiger partial charge on any atom is 0.323 e. The molecule has 16 heavy (non-hydrogen) atoms. The van der Waals surface area contributed by atoms with E-state index in [4.69, 9.17) is 5.73 Å². The first-order chi connectivity index (χ1) is 7.56. The number of hydrogen-bond donors (Lipinski definition) is 3. The first-order valence-electron chi connectivity index (χ1n) is 5.54. The highest BCUT2D eigenvalue weighted by atomic mass is 16.1. The summed E-state index contributed by atoms with van der Waals surface area (Å²) in [5.74, 6) is 0.566. The highest BCUT2D eigenvalue weighted by Crippen LogP contribution is 2.21. The van der Waals surface area contributed by atoms with E-state index < -0.39 is 0 Å². The van der Waals surface area contributed by atoms with Crippen LogP contribution in [0.3, 0.4) is 0 Å². The van der Waals surface area contributed by atoms with Crippen molar-refractivity contribution in [1.82, 2.24) is 9.97 Å². The Morgan fingerprint density at radius 3 is 2.62 bits per heavy atom. The molecule has 0 fully saturated rings. The zero-order valence-electron chi connectivity index (χ0n) is 9.58. The first kappa shape index (κ1) is 11.0. The molecule has 1 heterocycles. The van der Waals surface area contributed by atoms with Crippen LogP contribution in [0.4, 0.5) is 0 Å². The number of aromatic nitrogens is 2. The van der Waals surface area contributed by atoms with Gasteiger partial charge >= 0.3 is 5.69 Å². The van der Waals surface area contributed by atoms with Crippen LogP contribution in [0.15, 0.2) is 23.0 Å². The molecular weight excluding hydrogens is 202 g/mol. The van der Waals surface area contributed by atoms with Gasteiger partial charge in [-0.05, 0) is 30.0 Å². The molecule has 0 aliphatic rings. The van der Waals surface area contributed by atoms with Crippen molar-refractivity contribution < 1.29 is 0 Å². The summed E-state index contributed by atoms with van der Waals surface area (Å²) in [6, 6.07) is 5.84. The normalized spacial score (nSPS) is 13.5. The lowest BCUT2D eigenvalue weighted by Crippen LogP contribution is -2.12. The van der Waals surface area contributed by atoms with Crippen molar-refractivity contribution in [3.8, 4) is 0 Å². The molecule has 1 unspecified atom stereocenters. The van der Waals surface area contributed by atoms with E-state index in [-0.39, 0.29) is 11.7 Å². The molecule has 4 heteroatoms. The Kier molecular flexibility index (Phi) is 2.83. The molecule has 0 amide bonds. The van der Waals surface area contributed by atoms with Gasteiger partial charge in [-0.2, -0.15) is 0 Å². The molecular formula is C12H17N3O. The van der Waals surface area contributed by atoms with Crippen LogP contribution in [0.2, 0.25) is 0 Å². The zero-order valence-corrected chi connectivity index (χ0v) is 9.58. The molecule has 2 aromatic rings. The van der Waals surface area contributed by atoms with Crippen molar-refractivity contribution in [2.45, 2.75) is 26.3 Å². The van der Waals surface area contributed by atoms with E-state index in [2.05, 4.69) is 23.8 Å². The molecule has 0 aliphatic carbocycles. The third-order valence-corrected chi connectivity index (χ3v) is 2.69. The number of nitrogens with one attached hydrogen (secondary N) is 2. The van der Waals surface area contributed by atoms with Gasteiger partial charge in [0.05, 0.1) is 11.0 Å². The second kappa shape index (κ2) is 4.14. The largest absolute Gasteiger partial charge is 0.324 e. The minimum Gasteiger partial charge on any atom is -0.324 e. The van der Waals surface area contributed by atoms with Crippen LogP contribution in [0, 0.1) is 5.92 Å². The number of aromatic amines is 2. The quantitative estimate of drug-likeness (QED) is 0.737. The Labute approximate surface area is 93.9 Å². The Morgan fingerprint density at radius 1 is 1.25 bits per heavy atom. The molecule has 0 spiro atoms. The van der Waals surface area contributed by atoms with E-state index in [0.29, 0.717) is 5.92 Å². The fourth-order valence-corrected chi connectivity index (χ4v) is 1.92. The summed E-state index contributed by atoms with van der Waals surface area (Å²) in [6.45, 7) is 4.30. The number of rotatable bonds is 3. The Morgan fingerprint density at radius 2 is 1.94 bits per heavy atom. The third-order valence-electron chi connectivity index (χ3n) is 2.69. The van der Waals surface area contributed by atoms with Crippen LogP contribution in [-0.2, 0) is 0 Å². The fourth-order valence-electron chi connectivity index (χ4n) is 1.92. The number of benzene rings is 1. The molecule has 1 atom stereocenters. The van der Waals surface area contributed by atoms with Crippen molar-refractivity contribution in [3.05, 3.63) is 34.2 Å². The van der Waals surface area contributed by atoms with Crippen LogP contribution in [0.1, 0.15) is 31.9 Å². The van der Waals surface area contributed by atoms with Gasteiger partial charge in [0.15, 0.2) is 0 Å². The smallest absolute Gasteiger partial charge is 0.323 e. The predicted octanol–water partition coefficient (Wildman–Crippen LogP) is 1.90. The van der Waals surface area contributed by atoms with E-state index in [1.54, 1.807) is 0 Å². The van der Waals surface area contributed by atoms with E-state index in [0.717, 1.165) is 23.0 Å². The zero-order chi connectivity index (χ0) is 11.7. The lowest BCUT2D eigenvalue weighted by Gasteiger charge is -2.14. The molecule has 4 N–H and O–H groups in total. The summed E-state index contributed by atoms with van der Waals surface area (Å²) in [7, 11) is 0. The molecule has 0 saturated heterocycles. The maximum atomic E-state index is 11.1. The van der Waals surface area contributed by atoms with Gasteiger partial charge in [0, 0.05) is 6.04 Å². The summed E-state index contributed by atoms with van der Waals surface area (Å²) in [5.41, 5.74) is 8.63. The van der Waals surface area contributed by atoms with Gasteiger partial charge in [-0.15, -0.1) is 0 Å². The molecule has 4 nitrogen and oxygen atoms in total. The van der Waals surface area contributed by atoms with Gasteiger partial charge in [0.1, 0.15) is 0 Å². The number of nitrogens with two attached hydrogens (primary N) is 1. The third kappa shape index (κ3) is 2.17. The Bertz CT molecular complexity index is 538. The van der Waals surface area contributed by atoms with Crippen LogP contribution in [0.5, 0.6) is 0 Å². The van der Waals surface area contributed by atoms with Crippen molar-refractivity contribution in [3.63, 3.8) is 0 Å². The molecule has 0 saturated carbocycles. The summed E-state index contributed by atoms with van der Waals surface area (Å²) >= 11 is 0. The second-order valence-corrected chi connectivity index (χ2v) is 4.62. The highest BCUT2D eigenvalue weighted by molar-refractivity contribution is 5.75. The Hall–Kier alpha value is -1.55. The monoisotopic (exact) mass is 219 g/mol. The fraction of sp³-hybridized carbons (Fsp3) is 0.417. The summed E-state index contributed by atoms with van der Waals surface area (Å²) < 4.78 is 0. The topological polar surface area (TPSA) is 74.7 Å². The lowest BCUT2D eigenvalue weighted by atomic mass is 9.98. The summed E-state index contributed by atoms with van der Waals surface area (Å²) in [4.78, 5) is 16.6. The molecule has 1 aromatic carbocycles. The van der Waals surface area contributed by atoms with E-state index >= 15 is 0 Å². The number of fused-ring (bicyclic) bond motifs is 1. The van der Waals surface area contributed by atoms with Crippen LogP contribution < -0.4 is 11.4 Å². The molecule has 2 rings (SSSR count). The van der Waals surface area contributed by atoms with Gasteiger partial charge in [-0.1, -0.05) is 19.9 Å². The van der Waals surface area contributed by atoms with Crippen LogP contribution in [-0.4, -0.2) is 9.97 Å². The summed E-state index contributed by atoms with van der Waals surface area (Å²) in [5, 5.41) is 0. The van der Waals surface area contributed by atoms with Gasteiger partial charge < -0.3 is 15.7 Å². The van der Waals surface area contributed by atoms with E-state index in [1.807, 2.05) is 18.2 Å². The molecule has 0 aliphatic heterocycles. The van der Waals surface area contributed by atoms with Crippen molar-refractivity contribution in [2.75, 3.05) is 0 Å². The van der Waals surface area contributed by atoms with E-state index in [1.165, 1.54) is 0 Å². The summed E-state index contributed by atoms with van der Waals surface area (Å²) in [6.07, 6.45) is 0.945. The van der Waals surface area contributed by atoms with Gasteiger partial charge in [0.25, 0.3) is 0 Å². The molecule has 86 valence electrons. The van der Waals surface area contributed by atoms with Crippen molar-refractivity contribution in [1.29, 1.82) is 0 Å². The number of hydrogen-bond acceptors (Lipinski definition) is 2. The first-order valence-corrected chi connectivity index (χ1v) is 5.54. The second-order valence-electron chi connectivity index (χ2n) is 4.62. The minimum atomic E-state index is -0.176. The Balaban J connectivity index is 2.34. The van der Waals surface area contributed by atoms with E-state index in [9.17, 15) is 4.79 Å². The highest BCUT2D eigenvalue weighted by Gasteiger charge is 2.09. The molecule has 0 radical (unpaired) electrons. The van der Waals surface area contributed by atoms with Crippen LogP contribution in [0.25, 0.3) is 11.0 Å². The SMILES string of the molecule is CC(C)CC(N)c1ccc2[nH]c(=O)[nH]c2c1. The molecule has 1 aromatic heterocycles. The average Bonchev–Trinajstić information content (AvgIpc) is 2.55. The van der Waals surface area contributed by atoms with Gasteiger partial charge in [-0.25, -0.2) is 4.79 Å². The average molecular weight is 219 g/mol. The molecule has 0 bridgehead atoms. The number of imidazole rings is 1. The lowest BCUT2D eigenvalue weighted by molar-refractivity contribution is 0.510. The maximum absolute atomic E-state index is 11.1. The number of H-pyrrole nitrogens is 2. The van der Waals surface area contributed by atoms with Gasteiger partial charge in [-0.3, -0.25) is 0 Å². The standard InChI is InChI=1S/C12H17N3O/c1-7(2)5-9(13)8-3-4-10-11(6-8)15-12(16)14-10/h3-4,6-7,9H,5,13H2,1-2H3,(H2,14,15,16). The van der Waals surface area contributed by atoms with Crippen LogP contribution >= 0.6 is 0 Å².